The van der Waals surface area contributed by atoms with Gasteiger partial charge in [-0.25, -0.2) is 0 Å². The smallest absolute Gasteiger partial charge is 0.302 e. The summed E-state index contributed by atoms with van der Waals surface area (Å²) in [4.78, 5) is 2.44. The molecule has 1 aromatic rings. The van der Waals surface area contributed by atoms with E-state index in [1.165, 1.54) is 12.1 Å². The first kappa shape index (κ1) is 15.5. The van der Waals surface area contributed by atoms with Crippen LogP contribution >= 0.6 is 15.9 Å². The number of halogens is 4. The van der Waals surface area contributed by atoms with Gasteiger partial charge in [-0.05, 0) is 31.6 Å². The fraction of sp³-hybridized carbons (Fsp3) is 0.538. The summed E-state index contributed by atoms with van der Waals surface area (Å²) >= 11 is 3.45. The van der Waals surface area contributed by atoms with E-state index in [1.807, 2.05) is 11.9 Å². The van der Waals surface area contributed by atoms with Crippen molar-refractivity contribution in [2.24, 2.45) is 0 Å². The Labute approximate surface area is 114 Å². The lowest BCUT2D eigenvalue weighted by atomic mass is 10.1. The van der Waals surface area contributed by atoms with Crippen LogP contribution in [-0.2, 0) is 12.7 Å². The average Bonchev–Trinajstić information content (AvgIpc) is 2.25. The number of rotatable bonds is 5. The molecule has 0 bridgehead atoms. The lowest BCUT2D eigenvalue weighted by Crippen LogP contribution is -2.21. The van der Waals surface area contributed by atoms with Crippen LogP contribution in [0.25, 0.3) is 0 Å². The summed E-state index contributed by atoms with van der Waals surface area (Å²) in [6, 6.07) is 5.50. The molecule has 5 heteroatoms. The molecular weight excluding hydrogens is 307 g/mol. The third kappa shape index (κ3) is 5.40. The molecule has 1 unspecified atom stereocenters. The average molecular weight is 324 g/mol. The van der Waals surface area contributed by atoms with Crippen molar-refractivity contribution in [3.05, 3.63) is 35.4 Å². The predicted molar refractivity (Wildman–Crippen MR) is 70.8 cm³/mol. The second-order valence-corrected chi connectivity index (χ2v) is 6.07. The first-order chi connectivity index (χ1) is 8.29. The summed E-state index contributed by atoms with van der Waals surface area (Å²) in [7, 11) is 1.91. The Balaban J connectivity index is 2.62. The van der Waals surface area contributed by atoms with Crippen molar-refractivity contribution in [3.63, 3.8) is 0 Å². The highest BCUT2D eigenvalue weighted by Crippen LogP contribution is 2.29. The second kappa shape index (κ2) is 6.57. The van der Waals surface area contributed by atoms with E-state index in [1.54, 1.807) is 6.07 Å². The molecule has 0 radical (unpaired) electrons. The largest absolute Gasteiger partial charge is 0.416 e. The summed E-state index contributed by atoms with van der Waals surface area (Å²) in [5.41, 5.74) is 0.108. The highest BCUT2D eigenvalue weighted by Gasteiger charge is 2.30. The van der Waals surface area contributed by atoms with Crippen LogP contribution in [0.1, 0.15) is 24.5 Å². The van der Waals surface area contributed by atoms with Crippen LogP contribution in [0.5, 0.6) is 0 Å². The molecule has 0 aliphatic carbocycles. The van der Waals surface area contributed by atoms with Gasteiger partial charge in [0.15, 0.2) is 0 Å². The summed E-state index contributed by atoms with van der Waals surface area (Å²) in [5.74, 6) is 0. The van der Waals surface area contributed by atoms with Crippen molar-refractivity contribution >= 4 is 15.9 Å². The molecule has 18 heavy (non-hydrogen) atoms. The van der Waals surface area contributed by atoms with Gasteiger partial charge in [-0.1, -0.05) is 41.1 Å². The van der Waals surface area contributed by atoms with Gasteiger partial charge >= 0.3 is 6.18 Å². The number of alkyl halides is 4. The lowest BCUT2D eigenvalue weighted by Gasteiger charge is -2.18. The number of nitrogens with zero attached hydrogens (tertiary/aromatic N) is 1. The van der Waals surface area contributed by atoms with Crippen LogP contribution in [0.3, 0.4) is 0 Å². The quantitative estimate of drug-likeness (QED) is 0.730. The Hall–Kier alpha value is -0.550. The Kier molecular flexibility index (Phi) is 5.66. The van der Waals surface area contributed by atoms with Gasteiger partial charge in [-0.3, -0.25) is 0 Å². The lowest BCUT2D eigenvalue weighted by molar-refractivity contribution is -0.137. The summed E-state index contributed by atoms with van der Waals surface area (Å²) in [6.07, 6.45) is -3.30. The SMILES string of the molecule is CC(Br)CCN(C)Cc1cccc(C(F)(F)F)c1. The molecule has 0 saturated heterocycles. The number of benzene rings is 1. The van der Waals surface area contributed by atoms with Gasteiger partial charge in [0.2, 0.25) is 0 Å². The Morgan fingerprint density at radius 1 is 1.33 bits per heavy atom. The third-order valence-electron chi connectivity index (χ3n) is 2.62. The van der Waals surface area contributed by atoms with Crippen LogP contribution < -0.4 is 0 Å². The van der Waals surface area contributed by atoms with E-state index in [0.29, 0.717) is 16.9 Å². The topological polar surface area (TPSA) is 3.24 Å². The van der Waals surface area contributed by atoms with Crippen molar-refractivity contribution in [2.45, 2.75) is 30.9 Å². The van der Waals surface area contributed by atoms with E-state index in [0.717, 1.165) is 19.0 Å². The van der Waals surface area contributed by atoms with Gasteiger partial charge in [-0.2, -0.15) is 13.2 Å². The first-order valence-electron chi connectivity index (χ1n) is 5.78. The number of hydrogen-bond donors (Lipinski definition) is 0. The molecule has 0 heterocycles. The van der Waals surface area contributed by atoms with Gasteiger partial charge < -0.3 is 4.90 Å². The maximum absolute atomic E-state index is 12.5. The molecule has 0 saturated carbocycles. The Morgan fingerprint density at radius 3 is 2.56 bits per heavy atom. The highest BCUT2D eigenvalue weighted by atomic mass is 79.9. The molecule has 0 amide bonds. The van der Waals surface area contributed by atoms with Gasteiger partial charge in [0, 0.05) is 11.4 Å². The maximum atomic E-state index is 12.5. The molecular formula is C13H17BrF3N. The molecule has 1 atom stereocenters. The molecule has 0 spiro atoms. The zero-order valence-corrected chi connectivity index (χ0v) is 12.1. The zero-order valence-electron chi connectivity index (χ0n) is 10.5. The molecule has 102 valence electrons. The minimum Gasteiger partial charge on any atom is -0.302 e. The molecule has 1 nitrogen and oxygen atoms in total. The van der Waals surface area contributed by atoms with Crippen molar-refractivity contribution in [1.29, 1.82) is 0 Å². The van der Waals surface area contributed by atoms with E-state index in [-0.39, 0.29) is 0 Å². The van der Waals surface area contributed by atoms with Gasteiger partial charge in [0.25, 0.3) is 0 Å². The minimum absolute atomic E-state index is 0.418. The monoisotopic (exact) mass is 323 g/mol. The summed E-state index contributed by atoms with van der Waals surface area (Å²) in [5, 5.41) is 0. The van der Waals surface area contributed by atoms with E-state index in [2.05, 4.69) is 22.9 Å². The van der Waals surface area contributed by atoms with Crippen LogP contribution in [0.15, 0.2) is 24.3 Å². The second-order valence-electron chi connectivity index (χ2n) is 4.51. The normalized spacial score (nSPS) is 13.9. The van der Waals surface area contributed by atoms with Crippen LogP contribution in [0.2, 0.25) is 0 Å². The summed E-state index contributed by atoms with van der Waals surface area (Å²) < 4.78 is 37.6. The zero-order chi connectivity index (χ0) is 13.8. The Morgan fingerprint density at radius 2 is 2.00 bits per heavy atom. The van der Waals surface area contributed by atoms with Crippen molar-refractivity contribution in [2.75, 3.05) is 13.6 Å². The predicted octanol–water partition coefficient (Wildman–Crippen LogP) is 4.31. The van der Waals surface area contributed by atoms with Crippen molar-refractivity contribution in [1.82, 2.24) is 4.90 Å². The van der Waals surface area contributed by atoms with E-state index >= 15 is 0 Å². The van der Waals surface area contributed by atoms with Gasteiger partial charge in [0.1, 0.15) is 0 Å². The summed E-state index contributed by atoms with van der Waals surface area (Å²) in [6.45, 7) is 3.43. The molecule has 0 aliphatic rings. The molecule has 1 rings (SSSR count). The van der Waals surface area contributed by atoms with Crippen LogP contribution in [0.4, 0.5) is 13.2 Å². The molecule has 0 N–H and O–H groups in total. The highest BCUT2D eigenvalue weighted by molar-refractivity contribution is 9.09. The fourth-order valence-electron chi connectivity index (χ4n) is 1.64. The van der Waals surface area contributed by atoms with E-state index in [4.69, 9.17) is 0 Å². The molecule has 1 aromatic carbocycles. The van der Waals surface area contributed by atoms with Gasteiger partial charge in [-0.15, -0.1) is 0 Å². The van der Waals surface area contributed by atoms with E-state index in [9.17, 15) is 13.2 Å². The molecule has 0 fully saturated rings. The van der Waals surface area contributed by atoms with Crippen molar-refractivity contribution in [3.8, 4) is 0 Å². The van der Waals surface area contributed by atoms with Crippen LogP contribution in [-0.4, -0.2) is 23.3 Å². The van der Waals surface area contributed by atoms with Crippen LogP contribution in [0, 0.1) is 0 Å². The molecule has 0 aliphatic heterocycles. The van der Waals surface area contributed by atoms with Crippen molar-refractivity contribution < 1.29 is 13.2 Å². The Bertz CT molecular complexity index is 377. The van der Waals surface area contributed by atoms with Gasteiger partial charge in [0.05, 0.1) is 5.56 Å². The third-order valence-corrected chi connectivity index (χ3v) is 3.07. The maximum Gasteiger partial charge on any atom is 0.416 e. The number of hydrogen-bond acceptors (Lipinski definition) is 1. The standard InChI is InChI=1S/C13H17BrF3N/c1-10(14)6-7-18(2)9-11-4-3-5-12(8-11)13(15,16)17/h3-5,8,10H,6-7,9H2,1-2H3. The van der Waals surface area contributed by atoms with E-state index < -0.39 is 11.7 Å². The molecule has 0 aromatic heterocycles. The minimum atomic E-state index is -4.26. The first-order valence-corrected chi connectivity index (χ1v) is 6.69. The fourth-order valence-corrected chi connectivity index (χ4v) is 1.84.